The minimum atomic E-state index is 0.540. The van der Waals surface area contributed by atoms with Crippen LogP contribution >= 0.6 is 11.3 Å². The van der Waals surface area contributed by atoms with E-state index in [1.807, 2.05) is 41.9 Å². The van der Waals surface area contributed by atoms with Crippen LogP contribution in [-0.2, 0) is 0 Å². The lowest BCUT2D eigenvalue weighted by Crippen LogP contribution is -2.04. The Morgan fingerprint density at radius 1 is 0.906 bits per heavy atom. The van der Waals surface area contributed by atoms with Crippen LogP contribution in [0.25, 0.3) is 21.1 Å². The van der Waals surface area contributed by atoms with Crippen molar-refractivity contribution in [3.63, 3.8) is 0 Å². The smallest absolute Gasteiger partial charge is 0.229 e. The van der Waals surface area contributed by atoms with Crippen molar-refractivity contribution >= 4 is 55.7 Å². The zero-order valence-electron chi connectivity index (χ0n) is 17.5. The molecule has 3 heterocycles. The molecule has 0 spiro atoms. The first-order chi connectivity index (χ1) is 15.8. The largest absolute Gasteiger partial charge is 0.324 e. The summed E-state index contributed by atoms with van der Waals surface area (Å²) < 4.78 is 1.13. The summed E-state index contributed by atoms with van der Waals surface area (Å²) >= 11 is 1.62. The molecule has 160 valence electrons. The molecule has 3 N–H and O–H groups in total. The van der Waals surface area contributed by atoms with Gasteiger partial charge < -0.3 is 10.6 Å². The minimum Gasteiger partial charge on any atom is -0.324 e. The quantitative estimate of drug-likeness (QED) is 0.288. The molecule has 2 aromatic carbocycles. The maximum Gasteiger partial charge on any atom is 0.229 e. The second kappa shape index (κ2) is 8.20. The molecular weight excluding hydrogens is 418 g/mol. The van der Waals surface area contributed by atoms with Crippen LogP contribution in [-0.4, -0.2) is 25.1 Å². The lowest BCUT2D eigenvalue weighted by Gasteiger charge is -2.19. The van der Waals surface area contributed by atoms with Gasteiger partial charge in [-0.25, -0.2) is 9.97 Å². The molecule has 3 aromatic heterocycles. The first kappa shape index (κ1) is 19.2. The average Bonchev–Trinajstić information content (AvgIpc) is 3.49. The van der Waals surface area contributed by atoms with E-state index in [2.05, 4.69) is 37.9 Å². The first-order valence-corrected chi connectivity index (χ1v) is 11.9. The number of hydrogen-bond donors (Lipinski definition) is 3. The number of benzene rings is 2. The Morgan fingerprint density at radius 3 is 2.75 bits per heavy atom. The van der Waals surface area contributed by atoms with E-state index in [0.29, 0.717) is 11.9 Å². The molecule has 1 aliphatic carbocycles. The maximum absolute atomic E-state index is 4.78. The molecule has 0 bridgehead atoms. The summed E-state index contributed by atoms with van der Waals surface area (Å²) in [5, 5.41) is 15.5. The molecule has 0 unspecified atom stereocenters. The van der Waals surface area contributed by atoms with Crippen molar-refractivity contribution in [2.45, 2.75) is 38.0 Å². The number of para-hydroxylation sites is 1. The molecule has 6 rings (SSSR count). The molecule has 8 heteroatoms. The van der Waals surface area contributed by atoms with Gasteiger partial charge in [0.05, 0.1) is 21.2 Å². The van der Waals surface area contributed by atoms with Crippen molar-refractivity contribution < 1.29 is 0 Å². The van der Waals surface area contributed by atoms with Crippen molar-refractivity contribution in [3.05, 3.63) is 59.7 Å². The molecule has 0 saturated heterocycles. The topological polar surface area (TPSA) is 91.4 Å². The van der Waals surface area contributed by atoms with Crippen LogP contribution in [0, 0.1) is 0 Å². The third-order valence-electron chi connectivity index (χ3n) is 6.08. The lowest BCUT2D eigenvalue weighted by molar-refractivity contribution is 0.436. The summed E-state index contributed by atoms with van der Waals surface area (Å²) in [4.78, 5) is 13.8. The van der Waals surface area contributed by atoms with Crippen molar-refractivity contribution in [3.8, 4) is 0 Å². The molecule has 1 saturated carbocycles. The number of fused-ring (bicyclic) bond motifs is 2. The Labute approximate surface area is 189 Å². The molecule has 32 heavy (non-hydrogen) atoms. The molecule has 0 amide bonds. The van der Waals surface area contributed by atoms with Gasteiger partial charge in [0.2, 0.25) is 5.95 Å². The van der Waals surface area contributed by atoms with E-state index in [1.165, 1.54) is 37.8 Å². The monoisotopic (exact) mass is 441 g/mol. The van der Waals surface area contributed by atoms with Gasteiger partial charge in [0.15, 0.2) is 5.82 Å². The number of aromatic amines is 1. The second-order valence-corrected chi connectivity index (χ2v) is 9.13. The van der Waals surface area contributed by atoms with Crippen LogP contribution < -0.4 is 10.6 Å². The summed E-state index contributed by atoms with van der Waals surface area (Å²) in [6.45, 7) is 0. The van der Waals surface area contributed by atoms with Crippen LogP contribution in [0.1, 0.15) is 43.7 Å². The number of anilines is 4. The Kier molecular flexibility index (Phi) is 4.92. The molecule has 7 nitrogen and oxygen atoms in total. The summed E-state index contributed by atoms with van der Waals surface area (Å²) in [5.74, 6) is 2.64. The fraction of sp³-hybridized carbons (Fsp3) is 0.250. The highest BCUT2D eigenvalue weighted by atomic mass is 32.1. The maximum atomic E-state index is 4.78. The van der Waals surface area contributed by atoms with Crippen molar-refractivity contribution in [1.29, 1.82) is 0 Å². The van der Waals surface area contributed by atoms with Gasteiger partial charge in [-0.3, -0.25) is 5.10 Å². The number of thiazole rings is 1. The second-order valence-electron chi connectivity index (χ2n) is 8.24. The molecule has 1 fully saturated rings. The molecule has 5 aromatic rings. The number of nitrogens with zero attached hydrogens (tertiary/aromatic N) is 4. The van der Waals surface area contributed by atoms with Gasteiger partial charge in [-0.15, -0.1) is 11.3 Å². The number of H-pyrrole nitrogens is 1. The zero-order chi connectivity index (χ0) is 21.3. The summed E-state index contributed by atoms with van der Waals surface area (Å²) in [6.07, 6.45) is 6.40. The Hall–Kier alpha value is -3.52. The number of rotatable bonds is 5. The SMILES string of the molecule is c1ccc2c(Nc3cc(C4CCCCC4)[nH]n3)nc(Nc3ccc4ncsc4c3)nc2c1. The summed E-state index contributed by atoms with van der Waals surface area (Å²) in [6, 6.07) is 16.2. The molecule has 1 aliphatic rings. The van der Waals surface area contributed by atoms with Gasteiger partial charge in [-0.05, 0) is 43.2 Å². The third kappa shape index (κ3) is 3.78. The zero-order valence-corrected chi connectivity index (χ0v) is 18.3. The molecular formula is C24H23N7S. The lowest BCUT2D eigenvalue weighted by atomic mass is 9.87. The first-order valence-electron chi connectivity index (χ1n) is 11.0. The number of hydrogen-bond acceptors (Lipinski definition) is 7. The van der Waals surface area contributed by atoms with Crippen LogP contribution in [0.5, 0.6) is 0 Å². The normalized spacial score (nSPS) is 14.8. The highest BCUT2D eigenvalue weighted by Crippen LogP contribution is 2.33. The fourth-order valence-electron chi connectivity index (χ4n) is 4.43. The van der Waals surface area contributed by atoms with E-state index < -0.39 is 0 Å². The van der Waals surface area contributed by atoms with E-state index in [1.54, 1.807) is 11.3 Å². The van der Waals surface area contributed by atoms with E-state index in [0.717, 1.165) is 38.4 Å². The standard InChI is InChI=1S/C24H23N7S/c1-2-6-15(7-3-1)20-13-22(31-30-20)28-23-17-8-4-5-9-18(17)27-24(29-23)26-16-10-11-19-21(12-16)32-14-25-19/h4-5,8-15H,1-3,6-7H2,(H3,26,27,28,29,30,31). The number of nitrogens with one attached hydrogen (secondary N) is 3. The number of aromatic nitrogens is 5. The highest BCUT2D eigenvalue weighted by molar-refractivity contribution is 7.16. The van der Waals surface area contributed by atoms with E-state index in [9.17, 15) is 0 Å². The predicted molar refractivity (Wildman–Crippen MR) is 130 cm³/mol. The Bertz CT molecular complexity index is 1380. The summed E-state index contributed by atoms with van der Waals surface area (Å²) in [7, 11) is 0. The van der Waals surface area contributed by atoms with E-state index in [-0.39, 0.29) is 0 Å². The highest BCUT2D eigenvalue weighted by Gasteiger charge is 2.18. The summed E-state index contributed by atoms with van der Waals surface area (Å²) in [5.41, 5.74) is 5.86. The molecule has 0 atom stereocenters. The van der Waals surface area contributed by atoms with Crippen molar-refractivity contribution in [1.82, 2.24) is 25.1 Å². The van der Waals surface area contributed by atoms with Gasteiger partial charge in [-0.2, -0.15) is 10.1 Å². The van der Waals surface area contributed by atoms with Crippen LogP contribution in [0.2, 0.25) is 0 Å². The van der Waals surface area contributed by atoms with Crippen molar-refractivity contribution in [2.24, 2.45) is 0 Å². The van der Waals surface area contributed by atoms with Gasteiger partial charge >= 0.3 is 0 Å². The van der Waals surface area contributed by atoms with Gasteiger partial charge in [0.25, 0.3) is 0 Å². The van der Waals surface area contributed by atoms with Gasteiger partial charge in [0, 0.05) is 28.8 Å². The third-order valence-corrected chi connectivity index (χ3v) is 6.87. The minimum absolute atomic E-state index is 0.540. The predicted octanol–water partition coefficient (Wildman–Crippen LogP) is 6.50. The Balaban J connectivity index is 1.31. The molecule has 0 radical (unpaired) electrons. The van der Waals surface area contributed by atoms with Crippen LogP contribution in [0.3, 0.4) is 0 Å². The Morgan fingerprint density at radius 2 is 1.81 bits per heavy atom. The van der Waals surface area contributed by atoms with Gasteiger partial charge in [0.1, 0.15) is 5.82 Å². The van der Waals surface area contributed by atoms with Crippen molar-refractivity contribution in [2.75, 3.05) is 10.6 Å². The average molecular weight is 442 g/mol. The van der Waals surface area contributed by atoms with Crippen LogP contribution in [0.15, 0.2) is 54.0 Å². The fourth-order valence-corrected chi connectivity index (χ4v) is 5.15. The van der Waals surface area contributed by atoms with Gasteiger partial charge in [-0.1, -0.05) is 31.4 Å². The van der Waals surface area contributed by atoms with Crippen LogP contribution in [0.4, 0.5) is 23.3 Å². The van der Waals surface area contributed by atoms with E-state index in [4.69, 9.17) is 9.97 Å². The van der Waals surface area contributed by atoms with E-state index >= 15 is 0 Å². The molecule has 0 aliphatic heterocycles.